The summed E-state index contributed by atoms with van der Waals surface area (Å²) >= 11 is 6.98. The normalized spacial score (nSPS) is 12.1. The molecule has 0 aliphatic carbocycles. The number of carbonyl (C=O) groups is 1. The topological polar surface area (TPSA) is 82.8 Å². The van der Waals surface area contributed by atoms with E-state index in [0.29, 0.717) is 37.0 Å². The van der Waals surface area contributed by atoms with Gasteiger partial charge in [-0.05, 0) is 75.5 Å². The number of fused-ring (bicyclic) bond motifs is 1. The number of benzene rings is 3. The summed E-state index contributed by atoms with van der Waals surface area (Å²) in [5, 5.41) is 4.96. The summed E-state index contributed by atoms with van der Waals surface area (Å²) in [4.78, 5) is 29.9. The van der Waals surface area contributed by atoms with Gasteiger partial charge in [-0.2, -0.15) is 9.78 Å². The maximum absolute atomic E-state index is 13.3. The zero-order chi connectivity index (χ0) is 24.9. The molecule has 4 aromatic rings. The van der Waals surface area contributed by atoms with Crippen molar-refractivity contribution in [1.82, 2.24) is 9.66 Å². The van der Waals surface area contributed by atoms with Gasteiger partial charge in [0, 0.05) is 5.56 Å². The van der Waals surface area contributed by atoms with Crippen LogP contribution in [0.25, 0.3) is 22.3 Å². The summed E-state index contributed by atoms with van der Waals surface area (Å²) in [6.45, 7) is 3.64. The molecule has 4 rings (SSSR count). The van der Waals surface area contributed by atoms with Crippen molar-refractivity contribution in [3.8, 4) is 17.1 Å². The van der Waals surface area contributed by atoms with Crippen molar-refractivity contribution in [2.45, 2.75) is 20.0 Å². The predicted octanol–water partition coefficient (Wildman–Crippen LogP) is 5.80. The number of nitrogens with zero attached hydrogens (tertiary/aromatic N) is 3. The van der Waals surface area contributed by atoms with Crippen LogP contribution in [0.1, 0.15) is 19.4 Å². The number of hydrogen-bond acceptors (Lipinski definition) is 6. The second kappa shape index (κ2) is 11.0. The predicted molar refractivity (Wildman–Crippen MR) is 143 cm³/mol. The van der Waals surface area contributed by atoms with E-state index >= 15 is 0 Å². The van der Waals surface area contributed by atoms with Gasteiger partial charge in [-0.25, -0.2) is 9.78 Å². The molecular weight excluding hydrogens is 578 g/mol. The Bertz CT molecular complexity index is 1450. The summed E-state index contributed by atoms with van der Waals surface area (Å²) in [6, 6.07) is 20.2. The average Bonchev–Trinajstić information content (AvgIpc) is 2.86. The largest absolute Gasteiger partial charge is 0.477 e. The molecule has 0 spiro atoms. The Balaban J connectivity index is 1.73. The van der Waals surface area contributed by atoms with Gasteiger partial charge in [0.25, 0.3) is 5.56 Å². The molecule has 0 saturated carbocycles. The molecule has 1 aromatic heterocycles. The zero-order valence-corrected chi connectivity index (χ0v) is 22.1. The highest BCUT2D eigenvalue weighted by atomic mass is 79.9. The number of esters is 1. The molecular formula is C26H21Br2N3O4. The average molecular weight is 599 g/mol. The molecule has 0 bridgehead atoms. The summed E-state index contributed by atoms with van der Waals surface area (Å²) < 4.78 is 13.3. The fourth-order valence-electron chi connectivity index (χ4n) is 3.38. The Labute approximate surface area is 218 Å². The van der Waals surface area contributed by atoms with Crippen LogP contribution in [-0.2, 0) is 9.53 Å². The first-order chi connectivity index (χ1) is 16.9. The van der Waals surface area contributed by atoms with E-state index in [4.69, 9.17) is 14.5 Å². The number of aromatic nitrogens is 2. The Morgan fingerprint density at radius 1 is 1.09 bits per heavy atom. The summed E-state index contributed by atoms with van der Waals surface area (Å²) in [7, 11) is 0. The van der Waals surface area contributed by atoms with E-state index in [1.165, 1.54) is 4.68 Å². The van der Waals surface area contributed by atoms with E-state index in [1.807, 2.05) is 42.5 Å². The van der Waals surface area contributed by atoms with Gasteiger partial charge < -0.3 is 9.47 Å². The molecule has 0 aliphatic rings. The summed E-state index contributed by atoms with van der Waals surface area (Å²) in [5.41, 5.74) is 1.79. The van der Waals surface area contributed by atoms with Gasteiger partial charge in [-0.15, -0.1) is 0 Å². The van der Waals surface area contributed by atoms with Crippen molar-refractivity contribution in [1.29, 1.82) is 0 Å². The lowest BCUT2D eigenvalue weighted by Gasteiger charge is -2.16. The maximum atomic E-state index is 13.3. The number of rotatable bonds is 7. The second-order valence-electron chi connectivity index (χ2n) is 7.51. The molecule has 3 aromatic carbocycles. The number of ether oxygens (including phenoxy) is 2. The third-order valence-corrected chi connectivity index (χ3v) is 6.22. The van der Waals surface area contributed by atoms with Gasteiger partial charge in [0.2, 0.25) is 0 Å². The van der Waals surface area contributed by atoms with E-state index in [9.17, 15) is 9.59 Å². The van der Waals surface area contributed by atoms with Crippen molar-refractivity contribution >= 4 is 54.9 Å². The lowest BCUT2D eigenvalue weighted by Crippen LogP contribution is -2.26. The fourth-order valence-corrected chi connectivity index (χ4v) is 4.79. The first-order valence-corrected chi connectivity index (χ1v) is 12.4. The first kappa shape index (κ1) is 24.8. The second-order valence-corrected chi connectivity index (χ2v) is 9.21. The van der Waals surface area contributed by atoms with Gasteiger partial charge >= 0.3 is 5.97 Å². The van der Waals surface area contributed by atoms with Crippen molar-refractivity contribution < 1.29 is 14.3 Å². The summed E-state index contributed by atoms with van der Waals surface area (Å²) in [6.07, 6.45) is 0.788. The molecule has 0 amide bonds. The SMILES string of the molecule is CCOC(=O)[C@H](C)Oc1c(Br)cc(C=Nn2c(-c3ccccc3)nc3ccccc3c2=O)cc1Br. The molecule has 1 atom stereocenters. The molecule has 0 unspecified atom stereocenters. The molecule has 0 N–H and O–H groups in total. The van der Waals surface area contributed by atoms with Crippen LogP contribution in [0.2, 0.25) is 0 Å². The molecule has 0 aliphatic heterocycles. The van der Waals surface area contributed by atoms with Gasteiger partial charge in [-0.1, -0.05) is 42.5 Å². The third-order valence-electron chi connectivity index (χ3n) is 5.04. The molecule has 0 fully saturated rings. The highest BCUT2D eigenvalue weighted by Crippen LogP contribution is 2.35. The van der Waals surface area contributed by atoms with Crippen LogP contribution in [0.4, 0.5) is 0 Å². The van der Waals surface area contributed by atoms with Crippen molar-refractivity contribution in [2.75, 3.05) is 6.61 Å². The van der Waals surface area contributed by atoms with Crippen LogP contribution in [0.15, 0.2) is 85.6 Å². The fraction of sp³-hybridized carbons (Fsp3) is 0.154. The molecule has 9 heteroatoms. The van der Waals surface area contributed by atoms with E-state index in [0.717, 1.165) is 5.56 Å². The lowest BCUT2D eigenvalue weighted by atomic mass is 10.2. The minimum Gasteiger partial charge on any atom is -0.477 e. The number of para-hydroxylation sites is 1. The monoisotopic (exact) mass is 597 g/mol. The quantitative estimate of drug-likeness (QED) is 0.198. The van der Waals surface area contributed by atoms with Gasteiger partial charge in [0.05, 0.1) is 32.7 Å². The van der Waals surface area contributed by atoms with E-state index in [1.54, 1.807) is 44.3 Å². The van der Waals surface area contributed by atoms with Crippen LogP contribution >= 0.6 is 31.9 Å². The Morgan fingerprint density at radius 3 is 2.43 bits per heavy atom. The van der Waals surface area contributed by atoms with Crippen LogP contribution in [0.3, 0.4) is 0 Å². The highest BCUT2D eigenvalue weighted by Gasteiger charge is 2.19. The van der Waals surface area contributed by atoms with Crippen LogP contribution < -0.4 is 10.3 Å². The number of hydrogen-bond donors (Lipinski definition) is 0. The van der Waals surface area contributed by atoms with E-state index in [-0.39, 0.29) is 12.2 Å². The zero-order valence-electron chi connectivity index (χ0n) is 18.9. The van der Waals surface area contributed by atoms with Crippen LogP contribution in [-0.4, -0.2) is 34.6 Å². The Kier molecular flexibility index (Phi) is 7.77. The number of carbonyl (C=O) groups excluding carboxylic acids is 1. The van der Waals surface area contributed by atoms with E-state index < -0.39 is 12.1 Å². The van der Waals surface area contributed by atoms with Gasteiger partial charge in [-0.3, -0.25) is 4.79 Å². The minimum atomic E-state index is -0.780. The van der Waals surface area contributed by atoms with E-state index in [2.05, 4.69) is 37.0 Å². The van der Waals surface area contributed by atoms with Crippen LogP contribution in [0, 0.1) is 0 Å². The first-order valence-electron chi connectivity index (χ1n) is 10.8. The molecule has 0 radical (unpaired) electrons. The smallest absolute Gasteiger partial charge is 0.347 e. The van der Waals surface area contributed by atoms with Gasteiger partial charge in [0.1, 0.15) is 5.75 Å². The molecule has 7 nitrogen and oxygen atoms in total. The lowest BCUT2D eigenvalue weighted by molar-refractivity contribution is -0.150. The number of halogens is 2. The summed E-state index contributed by atoms with van der Waals surface area (Å²) in [5.74, 6) is 0.442. The highest BCUT2D eigenvalue weighted by molar-refractivity contribution is 9.11. The van der Waals surface area contributed by atoms with Crippen molar-refractivity contribution in [2.24, 2.45) is 5.10 Å². The molecule has 35 heavy (non-hydrogen) atoms. The molecule has 178 valence electrons. The molecule has 0 saturated heterocycles. The molecule has 1 heterocycles. The Hall–Kier alpha value is -3.30. The maximum Gasteiger partial charge on any atom is 0.347 e. The van der Waals surface area contributed by atoms with Crippen LogP contribution in [0.5, 0.6) is 5.75 Å². The third kappa shape index (κ3) is 5.52. The van der Waals surface area contributed by atoms with Crippen molar-refractivity contribution in [3.63, 3.8) is 0 Å². The van der Waals surface area contributed by atoms with Crippen molar-refractivity contribution in [3.05, 3.63) is 91.6 Å². The minimum absolute atomic E-state index is 0.271. The standard InChI is InChI=1S/C26H21Br2N3O4/c1-3-34-26(33)16(2)35-23-20(27)13-17(14-21(23)28)15-29-31-24(18-9-5-4-6-10-18)30-22-12-8-7-11-19(22)25(31)32/h4-16H,3H2,1-2H3/t16-/m0/s1. The van der Waals surface area contributed by atoms with Gasteiger partial charge in [0.15, 0.2) is 11.9 Å². The Morgan fingerprint density at radius 2 is 1.74 bits per heavy atom.